The van der Waals surface area contributed by atoms with Gasteiger partial charge in [0.1, 0.15) is 5.69 Å². The lowest BCUT2D eigenvalue weighted by molar-refractivity contribution is -0.121. The number of aryl methyl sites for hydroxylation is 1. The molecule has 0 aliphatic carbocycles. The van der Waals surface area contributed by atoms with Crippen molar-refractivity contribution in [2.75, 3.05) is 6.79 Å². The molecule has 0 saturated carbocycles. The lowest BCUT2D eigenvalue weighted by Crippen LogP contribution is -2.25. The van der Waals surface area contributed by atoms with Crippen LogP contribution in [0.2, 0.25) is 0 Å². The number of aromatic amines is 1. The maximum absolute atomic E-state index is 12.2. The fourth-order valence-corrected chi connectivity index (χ4v) is 2.82. The van der Waals surface area contributed by atoms with Gasteiger partial charge in [0.25, 0.3) is 5.56 Å². The molecule has 2 heterocycles. The monoisotopic (exact) mass is 378 g/mol. The van der Waals surface area contributed by atoms with Crippen molar-refractivity contribution in [2.45, 2.75) is 19.4 Å². The number of nitrogens with one attached hydrogen (secondary N) is 2. The molecule has 142 valence electrons. The van der Waals surface area contributed by atoms with Gasteiger partial charge in [-0.25, -0.2) is 0 Å². The number of hydrogen-bond donors (Lipinski definition) is 2. The van der Waals surface area contributed by atoms with Crippen molar-refractivity contribution in [2.24, 2.45) is 0 Å². The number of fused-ring (bicyclic) bond motifs is 1. The Morgan fingerprint density at radius 2 is 1.89 bits per heavy atom. The Morgan fingerprint density at radius 1 is 1.07 bits per heavy atom. The van der Waals surface area contributed by atoms with Crippen LogP contribution in [0, 0.1) is 0 Å². The van der Waals surface area contributed by atoms with E-state index in [0.29, 0.717) is 23.9 Å². The minimum Gasteiger partial charge on any atom is -0.454 e. The number of hydrogen-bond acceptors (Lipinski definition) is 6. The number of carbonyl (C=O) groups is 1. The summed E-state index contributed by atoms with van der Waals surface area (Å²) in [5.74, 6) is 1.60. The van der Waals surface area contributed by atoms with Gasteiger partial charge in [-0.05, 0) is 17.7 Å². The predicted octanol–water partition coefficient (Wildman–Crippen LogP) is 1.81. The summed E-state index contributed by atoms with van der Waals surface area (Å²) in [5.41, 5.74) is 1.58. The third kappa shape index (κ3) is 4.01. The smallest absolute Gasteiger partial charge is 0.273 e. The number of nitrogens with zero attached hydrogens (tertiary/aromatic N) is 2. The summed E-state index contributed by atoms with van der Waals surface area (Å²) in [6.07, 6.45) is 0.359. The van der Waals surface area contributed by atoms with Gasteiger partial charge in [-0.3, -0.25) is 9.59 Å². The van der Waals surface area contributed by atoms with Crippen molar-refractivity contribution >= 4 is 5.91 Å². The molecular formula is C20H18N4O4. The summed E-state index contributed by atoms with van der Waals surface area (Å²) in [6.45, 7) is 0.578. The lowest BCUT2D eigenvalue weighted by Gasteiger charge is -2.06. The quantitative estimate of drug-likeness (QED) is 0.678. The van der Waals surface area contributed by atoms with Crippen LogP contribution in [0.15, 0.2) is 53.3 Å². The van der Waals surface area contributed by atoms with Crippen molar-refractivity contribution in [3.05, 3.63) is 70.1 Å². The highest BCUT2D eigenvalue weighted by Gasteiger charge is 2.14. The van der Waals surface area contributed by atoms with Crippen LogP contribution in [0.3, 0.4) is 0 Å². The summed E-state index contributed by atoms with van der Waals surface area (Å²) < 4.78 is 10.6. The second-order valence-electron chi connectivity index (χ2n) is 6.28. The van der Waals surface area contributed by atoms with Gasteiger partial charge in [-0.2, -0.15) is 0 Å². The molecule has 1 aliphatic rings. The molecule has 1 aromatic heterocycles. The van der Waals surface area contributed by atoms with E-state index >= 15 is 0 Å². The van der Waals surface area contributed by atoms with E-state index in [9.17, 15) is 9.59 Å². The Hall–Kier alpha value is -3.68. The van der Waals surface area contributed by atoms with Crippen LogP contribution in [0.4, 0.5) is 0 Å². The van der Waals surface area contributed by atoms with Gasteiger partial charge < -0.3 is 19.8 Å². The van der Waals surface area contributed by atoms with Crippen LogP contribution >= 0.6 is 0 Å². The third-order valence-corrected chi connectivity index (χ3v) is 4.33. The van der Waals surface area contributed by atoms with Gasteiger partial charge in [0.15, 0.2) is 17.3 Å². The standard InChI is InChI=1S/C20H18N4O4/c25-18(21-11-13-6-8-16-17(10-13)28-12-27-16)9-7-15-20(26)22-19(24-23-15)14-4-2-1-3-5-14/h1-6,8,10H,7,9,11-12H2,(H,21,25)(H,22,24,26). The summed E-state index contributed by atoms with van der Waals surface area (Å²) in [5, 5.41) is 10.9. The molecule has 0 fully saturated rings. The van der Waals surface area contributed by atoms with E-state index in [4.69, 9.17) is 9.47 Å². The first kappa shape index (κ1) is 17.7. The number of ether oxygens (including phenoxy) is 2. The molecule has 0 saturated heterocycles. The van der Waals surface area contributed by atoms with Crippen LogP contribution in [0.1, 0.15) is 17.7 Å². The van der Waals surface area contributed by atoms with Crippen molar-refractivity contribution in [1.82, 2.24) is 20.5 Å². The molecule has 28 heavy (non-hydrogen) atoms. The molecule has 8 nitrogen and oxygen atoms in total. The Morgan fingerprint density at radius 3 is 2.71 bits per heavy atom. The molecular weight excluding hydrogens is 360 g/mol. The number of rotatable bonds is 6. The zero-order valence-corrected chi connectivity index (χ0v) is 15.0. The van der Waals surface area contributed by atoms with Crippen LogP contribution < -0.4 is 20.3 Å². The third-order valence-electron chi connectivity index (χ3n) is 4.33. The second kappa shape index (κ2) is 7.91. The number of carbonyl (C=O) groups excluding carboxylic acids is 1. The van der Waals surface area contributed by atoms with E-state index in [1.165, 1.54) is 0 Å². The zero-order chi connectivity index (χ0) is 19.3. The predicted molar refractivity (Wildman–Crippen MR) is 101 cm³/mol. The zero-order valence-electron chi connectivity index (χ0n) is 15.0. The molecule has 4 rings (SSSR count). The molecule has 0 radical (unpaired) electrons. The number of benzene rings is 2. The molecule has 3 aromatic rings. The number of amides is 1. The van der Waals surface area contributed by atoms with Gasteiger partial charge in [0, 0.05) is 24.9 Å². The van der Waals surface area contributed by atoms with E-state index in [1.807, 2.05) is 48.5 Å². The average Bonchev–Trinajstić information content (AvgIpc) is 3.20. The van der Waals surface area contributed by atoms with Crippen LogP contribution in [0.25, 0.3) is 11.4 Å². The van der Waals surface area contributed by atoms with E-state index in [1.54, 1.807) is 0 Å². The maximum atomic E-state index is 12.2. The van der Waals surface area contributed by atoms with E-state index in [0.717, 1.165) is 11.1 Å². The molecule has 0 bridgehead atoms. The summed E-state index contributed by atoms with van der Waals surface area (Å²) >= 11 is 0. The van der Waals surface area contributed by atoms with Crippen molar-refractivity contribution in [3.8, 4) is 22.9 Å². The first-order valence-corrected chi connectivity index (χ1v) is 8.85. The van der Waals surface area contributed by atoms with E-state index < -0.39 is 0 Å². The molecule has 1 amide bonds. The van der Waals surface area contributed by atoms with Crippen LogP contribution in [-0.4, -0.2) is 27.9 Å². The Balaban J connectivity index is 1.31. The summed E-state index contributed by atoms with van der Waals surface area (Å²) in [4.78, 5) is 27.0. The molecule has 1 aliphatic heterocycles. The fraction of sp³-hybridized carbons (Fsp3) is 0.200. The second-order valence-corrected chi connectivity index (χ2v) is 6.28. The minimum atomic E-state index is -0.336. The topological polar surface area (TPSA) is 106 Å². The molecule has 0 unspecified atom stereocenters. The van der Waals surface area contributed by atoms with Crippen LogP contribution in [0.5, 0.6) is 11.5 Å². The maximum Gasteiger partial charge on any atom is 0.273 e. The summed E-state index contributed by atoms with van der Waals surface area (Å²) in [6, 6.07) is 14.8. The van der Waals surface area contributed by atoms with Gasteiger partial charge in [-0.1, -0.05) is 36.4 Å². The average molecular weight is 378 g/mol. The molecule has 2 N–H and O–H groups in total. The Kier molecular flexibility index (Phi) is 5.01. The Labute approximate surface area is 160 Å². The minimum absolute atomic E-state index is 0.146. The highest BCUT2D eigenvalue weighted by atomic mass is 16.7. The van der Waals surface area contributed by atoms with Gasteiger partial charge in [0.2, 0.25) is 12.7 Å². The van der Waals surface area contributed by atoms with Crippen molar-refractivity contribution in [1.29, 1.82) is 0 Å². The largest absolute Gasteiger partial charge is 0.454 e. The number of H-pyrrole nitrogens is 1. The number of aromatic nitrogens is 3. The SMILES string of the molecule is O=C(CCc1nnc(-c2ccccc2)[nH]c1=O)NCc1ccc2c(c1)OCO2. The van der Waals surface area contributed by atoms with Gasteiger partial charge in [0.05, 0.1) is 0 Å². The lowest BCUT2D eigenvalue weighted by atomic mass is 10.2. The molecule has 0 atom stereocenters. The van der Waals surface area contributed by atoms with Gasteiger partial charge in [-0.15, -0.1) is 10.2 Å². The summed E-state index contributed by atoms with van der Waals surface area (Å²) in [7, 11) is 0. The van der Waals surface area contributed by atoms with Crippen molar-refractivity contribution in [3.63, 3.8) is 0 Å². The molecule has 8 heteroatoms. The van der Waals surface area contributed by atoms with Gasteiger partial charge >= 0.3 is 0 Å². The van der Waals surface area contributed by atoms with Crippen LogP contribution in [-0.2, 0) is 17.8 Å². The first-order valence-electron chi connectivity index (χ1n) is 8.85. The highest BCUT2D eigenvalue weighted by molar-refractivity contribution is 5.76. The Bertz CT molecular complexity index is 1050. The first-order chi connectivity index (χ1) is 13.7. The van der Waals surface area contributed by atoms with Crippen molar-refractivity contribution < 1.29 is 14.3 Å². The fourth-order valence-electron chi connectivity index (χ4n) is 2.82. The molecule has 2 aromatic carbocycles. The highest BCUT2D eigenvalue weighted by Crippen LogP contribution is 2.32. The normalized spacial score (nSPS) is 12.0. The van der Waals surface area contributed by atoms with E-state index in [2.05, 4.69) is 20.5 Å². The molecule has 0 spiro atoms. The van der Waals surface area contributed by atoms with E-state index in [-0.39, 0.29) is 36.8 Å².